The number of hydrogen-bond donors (Lipinski definition) is 0. The third-order valence-electron chi connectivity index (χ3n) is 5.15. The normalized spacial score (nSPS) is 12.5. The van der Waals surface area contributed by atoms with Gasteiger partial charge in [-0.2, -0.15) is 0 Å². The molecule has 2 heterocycles. The Morgan fingerprint density at radius 2 is 1.41 bits per heavy atom. The van der Waals surface area contributed by atoms with Gasteiger partial charge in [0.2, 0.25) is 5.75 Å². The Morgan fingerprint density at radius 1 is 0.778 bits per heavy atom. The van der Waals surface area contributed by atoms with E-state index in [9.17, 15) is 4.79 Å². The first-order valence-corrected chi connectivity index (χ1v) is 8.54. The molecule has 2 aromatic carbocycles. The molecule has 0 aliphatic carbocycles. The van der Waals surface area contributed by atoms with Crippen LogP contribution in [-0.2, 0) is 13.0 Å². The lowest BCUT2D eigenvalue weighted by Gasteiger charge is -2.19. The Hall–Kier alpha value is -3.09. The molecule has 0 fully saturated rings. The molecule has 0 N–H and O–H groups in total. The second-order valence-electron chi connectivity index (χ2n) is 6.27. The van der Waals surface area contributed by atoms with Crippen molar-refractivity contribution in [1.82, 2.24) is 4.57 Å². The maximum Gasteiger partial charge on any atom is 0.262 e. The van der Waals surface area contributed by atoms with Gasteiger partial charge < -0.3 is 28.3 Å². The lowest BCUT2D eigenvalue weighted by molar-refractivity contribution is 0.327. The second kappa shape index (κ2) is 6.26. The van der Waals surface area contributed by atoms with E-state index < -0.39 is 0 Å². The third-order valence-corrected chi connectivity index (χ3v) is 5.15. The number of benzene rings is 2. The molecule has 7 nitrogen and oxygen atoms in total. The molecule has 0 saturated heterocycles. The molecule has 0 spiro atoms. The van der Waals surface area contributed by atoms with Gasteiger partial charge in [-0.15, -0.1) is 0 Å². The van der Waals surface area contributed by atoms with E-state index in [0.29, 0.717) is 46.1 Å². The maximum atomic E-state index is 13.3. The fraction of sp³-hybridized carbons (Fsp3) is 0.350. The van der Waals surface area contributed by atoms with Crippen LogP contribution in [0.4, 0.5) is 0 Å². The highest BCUT2D eigenvalue weighted by atomic mass is 16.5. The molecule has 0 bridgehead atoms. The number of ether oxygens (including phenoxy) is 5. The summed E-state index contributed by atoms with van der Waals surface area (Å²) >= 11 is 0. The highest BCUT2D eigenvalue weighted by molar-refractivity contribution is 6.14. The van der Waals surface area contributed by atoms with Crippen molar-refractivity contribution in [1.29, 1.82) is 0 Å². The molecule has 7 heteroatoms. The van der Waals surface area contributed by atoms with E-state index in [4.69, 9.17) is 23.7 Å². The quantitative estimate of drug-likeness (QED) is 0.643. The number of pyridine rings is 1. The van der Waals surface area contributed by atoms with Crippen molar-refractivity contribution in [3.8, 4) is 28.7 Å². The second-order valence-corrected chi connectivity index (χ2v) is 6.27. The van der Waals surface area contributed by atoms with Gasteiger partial charge in [0.15, 0.2) is 23.0 Å². The molecule has 0 atom stereocenters. The highest BCUT2D eigenvalue weighted by Gasteiger charge is 2.28. The summed E-state index contributed by atoms with van der Waals surface area (Å²) in [5.41, 5.74) is 1.79. The van der Waals surface area contributed by atoms with Gasteiger partial charge in [0.05, 0.1) is 51.8 Å². The van der Waals surface area contributed by atoms with Gasteiger partial charge in [0.25, 0.3) is 5.56 Å². The summed E-state index contributed by atoms with van der Waals surface area (Å²) in [5, 5.41) is 1.92. The monoisotopic (exact) mass is 371 g/mol. The topological polar surface area (TPSA) is 68.2 Å². The fourth-order valence-electron chi connectivity index (χ4n) is 4.03. The van der Waals surface area contributed by atoms with Gasteiger partial charge in [-0.25, -0.2) is 0 Å². The molecular weight excluding hydrogens is 350 g/mol. The standard InChI is InChI=1S/C20H21NO6/c1-23-12-8-10-6-7-21-16(10)14(17(12)25-3)11-9-13(24-2)18(26-4)19(27-5)15(11)20(21)22/h8-9H,6-7H2,1-5H3. The summed E-state index contributed by atoms with van der Waals surface area (Å²) in [4.78, 5) is 13.3. The molecule has 27 heavy (non-hydrogen) atoms. The van der Waals surface area contributed by atoms with Crippen molar-refractivity contribution in [2.24, 2.45) is 0 Å². The van der Waals surface area contributed by atoms with Gasteiger partial charge >= 0.3 is 0 Å². The summed E-state index contributed by atoms with van der Waals surface area (Å²) in [7, 11) is 7.78. The minimum absolute atomic E-state index is 0.124. The van der Waals surface area contributed by atoms with E-state index in [0.717, 1.165) is 22.9 Å². The maximum absolute atomic E-state index is 13.3. The van der Waals surface area contributed by atoms with Crippen LogP contribution in [0.25, 0.3) is 21.7 Å². The van der Waals surface area contributed by atoms with Crippen LogP contribution in [0.5, 0.6) is 28.7 Å². The summed E-state index contributed by atoms with van der Waals surface area (Å²) < 4.78 is 29.5. The Balaban J connectivity index is 2.36. The molecule has 1 aliphatic rings. The number of hydrogen-bond acceptors (Lipinski definition) is 6. The molecule has 0 radical (unpaired) electrons. The molecule has 4 rings (SSSR count). The van der Waals surface area contributed by atoms with Crippen molar-refractivity contribution in [2.75, 3.05) is 35.5 Å². The van der Waals surface area contributed by atoms with Crippen LogP contribution in [0.1, 0.15) is 5.56 Å². The van der Waals surface area contributed by atoms with E-state index in [-0.39, 0.29) is 5.56 Å². The smallest absolute Gasteiger partial charge is 0.262 e. The zero-order valence-corrected chi connectivity index (χ0v) is 16.0. The van der Waals surface area contributed by atoms with Crippen LogP contribution in [-0.4, -0.2) is 40.1 Å². The molecule has 142 valence electrons. The number of fused-ring (bicyclic) bond motifs is 2. The SMILES string of the molecule is COc1cc2c(c(OC)c1OC)c(=O)n1c3c(cc(OC)c(OC)c23)CC1. The molecule has 1 aliphatic heterocycles. The number of rotatable bonds is 5. The first kappa shape index (κ1) is 17.3. The summed E-state index contributed by atoms with van der Waals surface area (Å²) in [6.45, 7) is 0.592. The summed E-state index contributed by atoms with van der Waals surface area (Å²) in [6.07, 6.45) is 0.749. The molecule has 0 unspecified atom stereocenters. The van der Waals surface area contributed by atoms with Gasteiger partial charge in [-0.1, -0.05) is 0 Å². The van der Waals surface area contributed by atoms with Gasteiger partial charge in [0.1, 0.15) is 0 Å². The predicted octanol–water partition coefficient (Wildman–Crippen LogP) is 2.75. The minimum Gasteiger partial charge on any atom is -0.493 e. The van der Waals surface area contributed by atoms with Crippen molar-refractivity contribution in [3.05, 3.63) is 28.0 Å². The molecule has 1 aromatic heterocycles. The largest absolute Gasteiger partial charge is 0.493 e. The average molecular weight is 371 g/mol. The first-order chi connectivity index (χ1) is 13.1. The molecular formula is C20H21NO6. The van der Waals surface area contributed by atoms with Gasteiger partial charge in [0, 0.05) is 11.9 Å². The zero-order chi connectivity index (χ0) is 19.3. The van der Waals surface area contributed by atoms with Crippen molar-refractivity contribution < 1.29 is 23.7 Å². The molecule has 0 saturated carbocycles. The number of aromatic nitrogens is 1. The Morgan fingerprint density at radius 3 is 2.00 bits per heavy atom. The predicted molar refractivity (Wildman–Crippen MR) is 102 cm³/mol. The van der Waals surface area contributed by atoms with E-state index >= 15 is 0 Å². The van der Waals surface area contributed by atoms with Crippen molar-refractivity contribution >= 4 is 21.7 Å². The van der Waals surface area contributed by atoms with E-state index in [1.165, 1.54) is 14.2 Å². The van der Waals surface area contributed by atoms with Crippen LogP contribution in [0, 0.1) is 0 Å². The lowest BCUT2D eigenvalue weighted by atomic mass is 10.0. The van der Waals surface area contributed by atoms with E-state index in [1.807, 2.05) is 6.07 Å². The van der Waals surface area contributed by atoms with Crippen LogP contribution in [0.2, 0.25) is 0 Å². The van der Waals surface area contributed by atoms with Crippen LogP contribution in [0.3, 0.4) is 0 Å². The van der Waals surface area contributed by atoms with E-state index in [2.05, 4.69) is 0 Å². The van der Waals surface area contributed by atoms with Gasteiger partial charge in [-0.3, -0.25) is 4.79 Å². The lowest BCUT2D eigenvalue weighted by Crippen LogP contribution is -2.19. The summed E-state index contributed by atoms with van der Waals surface area (Å²) in [5.74, 6) is 2.41. The number of nitrogens with zero attached hydrogens (tertiary/aromatic N) is 1. The highest BCUT2D eigenvalue weighted by Crippen LogP contribution is 2.48. The molecule has 0 amide bonds. The van der Waals surface area contributed by atoms with Crippen LogP contribution >= 0.6 is 0 Å². The Labute approximate surface area is 156 Å². The Kier molecular flexibility index (Phi) is 4.02. The van der Waals surface area contributed by atoms with Crippen LogP contribution < -0.4 is 29.2 Å². The number of aryl methyl sites for hydroxylation is 2. The third kappa shape index (κ3) is 2.17. The Bertz CT molecular complexity index is 1130. The minimum atomic E-state index is -0.124. The number of methoxy groups -OCH3 is 5. The van der Waals surface area contributed by atoms with E-state index in [1.54, 1.807) is 32.0 Å². The zero-order valence-electron chi connectivity index (χ0n) is 16.0. The summed E-state index contributed by atoms with van der Waals surface area (Å²) in [6, 6.07) is 3.73. The van der Waals surface area contributed by atoms with Crippen molar-refractivity contribution in [3.63, 3.8) is 0 Å². The fourth-order valence-corrected chi connectivity index (χ4v) is 4.03. The van der Waals surface area contributed by atoms with Gasteiger partial charge in [-0.05, 0) is 24.1 Å². The molecule has 3 aromatic rings. The van der Waals surface area contributed by atoms with Crippen LogP contribution in [0.15, 0.2) is 16.9 Å². The average Bonchev–Trinajstić information content (AvgIpc) is 3.13. The first-order valence-electron chi connectivity index (χ1n) is 8.54. The van der Waals surface area contributed by atoms with Crippen molar-refractivity contribution in [2.45, 2.75) is 13.0 Å².